The fraction of sp³-hybridized carbons (Fsp3) is 0.500. The Labute approximate surface area is 119 Å². The second kappa shape index (κ2) is 4.55. The van der Waals surface area contributed by atoms with Gasteiger partial charge in [0.2, 0.25) is 0 Å². The molecule has 1 nitrogen and oxygen atoms in total. The number of aryl methyl sites for hydroxylation is 1. The minimum absolute atomic E-state index is 0.184. The minimum atomic E-state index is 0.184. The minimum Gasteiger partial charge on any atom is -0.374 e. The lowest BCUT2D eigenvalue weighted by Gasteiger charge is -2.52. The van der Waals surface area contributed by atoms with Crippen molar-refractivity contribution in [1.29, 1.82) is 0 Å². The number of likely N-dealkylation sites (N-methyl/N-ethyl adjacent to an activating group) is 1. The van der Waals surface area contributed by atoms with Crippen LogP contribution < -0.4 is 0 Å². The van der Waals surface area contributed by atoms with Crippen molar-refractivity contribution >= 4 is 12.1 Å². The molecule has 0 saturated carbocycles. The predicted molar refractivity (Wildman–Crippen MR) is 79.0 cm³/mol. The first-order valence-corrected chi connectivity index (χ1v) is 7.60. The Morgan fingerprint density at radius 3 is 2.95 bits per heavy atom. The van der Waals surface area contributed by atoms with Crippen LogP contribution in [-0.2, 0) is 11.8 Å². The lowest BCUT2D eigenvalue weighted by molar-refractivity contribution is 0.123. The quantitative estimate of drug-likeness (QED) is 0.745. The fourth-order valence-electron chi connectivity index (χ4n) is 3.90. The highest BCUT2D eigenvalue weighted by atomic mass is 32.2. The molecule has 1 heterocycles. The van der Waals surface area contributed by atoms with Gasteiger partial charge in [-0.05, 0) is 48.9 Å². The first-order valence-electron chi connectivity index (χ1n) is 6.89. The number of benzene rings is 1. The van der Waals surface area contributed by atoms with Crippen LogP contribution in [0, 0.1) is 0 Å². The second-order valence-corrected chi connectivity index (χ2v) is 6.67. The molecule has 3 heteroatoms. The van der Waals surface area contributed by atoms with Crippen LogP contribution >= 0.6 is 12.1 Å². The van der Waals surface area contributed by atoms with Gasteiger partial charge in [0.05, 0.1) is 12.1 Å². The van der Waals surface area contributed by atoms with Crippen LogP contribution in [0.15, 0.2) is 35.4 Å². The second-order valence-electron chi connectivity index (χ2n) is 6.05. The molecular weight excluding hydrogens is 257 g/mol. The molecule has 2 unspecified atom stereocenters. The highest BCUT2D eigenvalue weighted by Gasteiger charge is 2.45. The number of allylic oxidation sites excluding steroid dienone is 1. The number of halogens is 1. The van der Waals surface area contributed by atoms with Gasteiger partial charge in [-0.1, -0.05) is 19.6 Å². The summed E-state index contributed by atoms with van der Waals surface area (Å²) in [6.07, 6.45) is 4.39. The van der Waals surface area contributed by atoms with Gasteiger partial charge in [0.15, 0.2) is 0 Å². The molecule has 2 aliphatic rings. The van der Waals surface area contributed by atoms with Crippen LogP contribution in [0.3, 0.4) is 0 Å². The molecular formula is C16H20FNS. The number of hydrogen-bond donors (Lipinski definition) is 0. The first-order chi connectivity index (χ1) is 9.06. The van der Waals surface area contributed by atoms with Gasteiger partial charge in [0.25, 0.3) is 0 Å². The van der Waals surface area contributed by atoms with Gasteiger partial charge in [0.1, 0.15) is 0 Å². The van der Waals surface area contributed by atoms with Crippen molar-refractivity contribution < 1.29 is 3.89 Å². The lowest BCUT2D eigenvalue weighted by Crippen LogP contribution is -2.53. The summed E-state index contributed by atoms with van der Waals surface area (Å²) in [7, 11) is 2.17. The molecule has 0 bridgehead atoms. The largest absolute Gasteiger partial charge is 0.374 e. The van der Waals surface area contributed by atoms with Gasteiger partial charge >= 0.3 is 0 Å². The number of fused-ring (bicyclic) bond motifs is 3. The molecule has 1 aliphatic heterocycles. The summed E-state index contributed by atoms with van der Waals surface area (Å²) in [5.74, 6) is 0. The molecule has 1 aromatic carbocycles. The highest BCUT2D eigenvalue weighted by Crippen LogP contribution is 2.47. The monoisotopic (exact) mass is 277 g/mol. The van der Waals surface area contributed by atoms with Crippen molar-refractivity contribution in [3.05, 3.63) is 41.6 Å². The summed E-state index contributed by atoms with van der Waals surface area (Å²) in [5, 5.41) is 0. The Balaban J connectivity index is 2.05. The van der Waals surface area contributed by atoms with Crippen molar-refractivity contribution in [1.82, 2.24) is 4.90 Å². The zero-order valence-corrected chi connectivity index (χ0v) is 12.4. The normalized spacial score (nSPS) is 29.9. The fourth-order valence-corrected chi connectivity index (χ4v) is 4.20. The van der Waals surface area contributed by atoms with E-state index in [4.69, 9.17) is 0 Å². The third-order valence-electron chi connectivity index (χ3n) is 5.10. The van der Waals surface area contributed by atoms with E-state index in [-0.39, 0.29) is 5.41 Å². The molecule has 1 aliphatic carbocycles. The van der Waals surface area contributed by atoms with E-state index in [2.05, 4.69) is 31.5 Å². The lowest BCUT2D eigenvalue weighted by atomic mass is 9.63. The SMILES string of the molecule is C=C1CCC2(C)c3ccc(SF)cc3CCC2N1C. The Morgan fingerprint density at radius 1 is 1.42 bits per heavy atom. The van der Waals surface area contributed by atoms with Gasteiger partial charge < -0.3 is 4.90 Å². The number of hydrogen-bond acceptors (Lipinski definition) is 2. The third kappa shape index (κ3) is 1.90. The van der Waals surface area contributed by atoms with Crippen LogP contribution in [0.2, 0.25) is 0 Å². The smallest absolute Gasteiger partial charge is 0.0812 e. The molecule has 0 spiro atoms. The highest BCUT2D eigenvalue weighted by molar-refractivity contribution is 7.94. The Bertz CT molecular complexity index is 527. The van der Waals surface area contributed by atoms with Crippen LogP contribution in [0.1, 0.15) is 37.3 Å². The molecule has 3 rings (SSSR count). The van der Waals surface area contributed by atoms with E-state index in [0.717, 1.165) is 30.6 Å². The average molecular weight is 277 g/mol. The molecule has 0 aromatic heterocycles. The van der Waals surface area contributed by atoms with E-state index in [0.29, 0.717) is 18.2 Å². The third-order valence-corrected chi connectivity index (χ3v) is 5.53. The summed E-state index contributed by atoms with van der Waals surface area (Å²) >= 11 is 0.346. The van der Waals surface area contributed by atoms with E-state index in [1.165, 1.54) is 16.8 Å². The predicted octanol–water partition coefficient (Wildman–Crippen LogP) is 4.48. The van der Waals surface area contributed by atoms with E-state index >= 15 is 0 Å². The van der Waals surface area contributed by atoms with Crippen molar-refractivity contribution in [2.75, 3.05) is 7.05 Å². The number of rotatable bonds is 1. The summed E-state index contributed by atoms with van der Waals surface area (Å²) in [5.41, 5.74) is 4.19. The maximum Gasteiger partial charge on any atom is 0.0812 e. The Morgan fingerprint density at radius 2 is 2.21 bits per heavy atom. The molecule has 102 valence electrons. The van der Waals surface area contributed by atoms with E-state index in [9.17, 15) is 3.89 Å². The zero-order valence-electron chi connectivity index (χ0n) is 11.6. The van der Waals surface area contributed by atoms with Gasteiger partial charge in [-0.2, -0.15) is 3.89 Å². The molecule has 0 amide bonds. The summed E-state index contributed by atoms with van der Waals surface area (Å²) in [4.78, 5) is 3.10. The van der Waals surface area contributed by atoms with Crippen LogP contribution in [-0.4, -0.2) is 18.0 Å². The summed E-state index contributed by atoms with van der Waals surface area (Å²) in [6.45, 7) is 6.54. The molecule has 19 heavy (non-hydrogen) atoms. The van der Waals surface area contributed by atoms with Gasteiger partial charge in [-0.25, -0.2) is 0 Å². The number of nitrogens with zero attached hydrogens (tertiary/aromatic N) is 1. The van der Waals surface area contributed by atoms with Gasteiger partial charge in [-0.3, -0.25) is 0 Å². The Kier molecular flexibility index (Phi) is 3.12. The zero-order chi connectivity index (χ0) is 13.6. The number of likely N-dealkylation sites (tertiary alicyclic amines) is 1. The topological polar surface area (TPSA) is 3.24 Å². The van der Waals surface area contributed by atoms with Crippen molar-refractivity contribution in [2.45, 2.75) is 49.0 Å². The van der Waals surface area contributed by atoms with Crippen molar-refractivity contribution in [3.8, 4) is 0 Å². The van der Waals surface area contributed by atoms with E-state index in [1.807, 2.05) is 12.1 Å². The molecule has 1 fully saturated rings. The average Bonchev–Trinajstić information content (AvgIpc) is 2.43. The molecule has 1 saturated heterocycles. The van der Waals surface area contributed by atoms with Crippen molar-refractivity contribution in [3.63, 3.8) is 0 Å². The summed E-state index contributed by atoms with van der Waals surface area (Å²) in [6, 6.07) is 6.63. The van der Waals surface area contributed by atoms with Crippen LogP contribution in [0.5, 0.6) is 0 Å². The maximum atomic E-state index is 12.7. The van der Waals surface area contributed by atoms with E-state index in [1.54, 1.807) is 0 Å². The standard InChI is InChI=1S/C16H20FNS/c1-11-8-9-16(2)14-6-5-13(19-17)10-12(14)4-7-15(16)18(11)3/h5-6,10,15H,1,4,7-9H2,2-3H3. The van der Waals surface area contributed by atoms with Gasteiger partial charge in [-0.15, -0.1) is 0 Å². The van der Waals surface area contributed by atoms with E-state index < -0.39 is 0 Å². The van der Waals surface area contributed by atoms with Crippen molar-refractivity contribution in [2.24, 2.45) is 0 Å². The van der Waals surface area contributed by atoms with Crippen LogP contribution in [0.4, 0.5) is 3.89 Å². The van der Waals surface area contributed by atoms with Gasteiger partial charge in [0, 0.05) is 29.1 Å². The molecule has 0 radical (unpaired) electrons. The number of piperidine rings is 1. The molecule has 1 aromatic rings. The van der Waals surface area contributed by atoms with Crippen LogP contribution in [0.25, 0.3) is 0 Å². The molecule has 2 atom stereocenters. The maximum absolute atomic E-state index is 12.7. The summed E-state index contributed by atoms with van der Waals surface area (Å²) < 4.78 is 12.7. The Hall–Kier alpha value is -0.960. The molecule has 0 N–H and O–H groups in total. The first kappa shape index (κ1) is 13.0.